The topological polar surface area (TPSA) is 222 Å². The summed E-state index contributed by atoms with van der Waals surface area (Å²) in [7, 11) is -8.75. The van der Waals surface area contributed by atoms with Gasteiger partial charge in [0.05, 0.1) is 67.4 Å². The number of hydrogen-bond acceptors (Lipinski definition) is 12. The van der Waals surface area contributed by atoms with E-state index in [2.05, 4.69) is 19.9 Å². The van der Waals surface area contributed by atoms with Crippen LogP contribution in [0, 0.1) is 25.7 Å². The molecule has 0 radical (unpaired) electrons. The molecule has 4 heterocycles. The Kier molecular flexibility index (Phi) is 11.2. The number of nitrogens with zero attached hydrogens (tertiary/aromatic N) is 4. The summed E-state index contributed by atoms with van der Waals surface area (Å²) < 4.78 is 72.3. The zero-order valence-electron chi connectivity index (χ0n) is 36.5. The first-order chi connectivity index (χ1) is 32.7. The van der Waals surface area contributed by atoms with Crippen molar-refractivity contribution < 1.29 is 45.5 Å². The molecule has 68 heavy (non-hydrogen) atoms. The van der Waals surface area contributed by atoms with Crippen LogP contribution < -0.4 is 0 Å². The second-order valence-corrected chi connectivity index (χ2v) is 20.4. The van der Waals surface area contributed by atoms with Gasteiger partial charge >= 0.3 is 11.9 Å². The van der Waals surface area contributed by atoms with E-state index in [9.17, 15) is 36.0 Å². The maximum Gasteiger partial charge on any atom is 0.331 e. The van der Waals surface area contributed by atoms with Crippen LogP contribution in [0.25, 0.3) is 21.8 Å². The summed E-state index contributed by atoms with van der Waals surface area (Å²) in [5.41, 5.74) is 3.24. The number of H-pyrrole nitrogens is 2. The van der Waals surface area contributed by atoms with Crippen LogP contribution in [0.15, 0.2) is 144 Å². The maximum absolute atomic E-state index is 14.5. The van der Waals surface area contributed by atoms with Crippen molar-refractivity contribution in [2.75, 3.05) is 0 Å². The Morgan fingerprint density at radius 3 is 1.32 bits per heavy atom. The number of fused-ring (bicyclic) bond motifs is 6. The molecule has 4 unspecified atom stereocenters. The number of carbonyl (C=O) groups excluding carboxylic acids is 4. The molecule has 16 nitrogen and oxygen atoms in total. The number of esters is 2. The highest BCUT2D eigenvalue weighted by atomic mass is 32.2. The lowest BCUT2D eigenvalue weighted by Crippen LogP contribution is -2.32. The highest BCUT2D eigenvalue weighted by Crippen LogP contribution is 2.46. The lowest BCUT2D eigenvalue weighted by atomic mass is 9.80. The Morgan fingerprint density at radius 1 is 0.588 bits per heavy atom. The van der Waals surface area contributed by atoms with Crippen LogP contribution in [0.1, 0.15) is 79.9 Å². The number of para-hydroxylation sites is 2. The molecule has 4 aromatic carbocycles. The molecule has 18 heteroatoms. The van der Waals surface area contributed by atoms with Gasteiger partial charge < -0.3 is 19.4 Å². The van der Waals surface area contributed by atoms with Crippen LogP contribution in [0.5, 0.6) is 0 Å². The molecule has 4 atom stereocenters. The average Bonchev–Trinajstić information content (AvgIpc) is 4.13. The Balaban J connectivity index is 1.01. The van der Waals surface area contributed by atoms with E-state index in [-0.39, 0.29) is 80.6 Å². The third-order valence-corrected chi connectivity index (χ3v) is 16.2. The fourth-order valence-corrected chi connectivity index (χ4v) is 12.7. The number of ether oxygens (including phenoxy) is 2. The van der Waals surface area contributed by atoms with Crippen LogP contribution in [0.2, 0.25) is 0 Å². The van der Waals surface area contributed by atoms with Gasteiger partial charge in [-0.25, -0.2) is 44.3 Å². The first-order valence-electron chi connectivity index (χ1n) is 21.8. The molecule has 0 aliphatic heterocycles. The number of nitrogens with one attached hydrogen (secondary N) is 2. The van der Waals surface area contributed by atoms with Gasteiger partial charge in [-0.2, -0.15) is 0 Å². The molecule has 10 rings (SSSR count). The minimum Gasteiger partial charge on any atom is -0.453 e. The predicted octanol–water partition coefficient (Wildman–Crippen LogP) is 7.45. The van der Waals surface area contributed by atoms with E-state index in [1.807, 2.05) is 13.8 Å². The summed E-state index contributed by atoms with van der Waals surface area (Å²) in [6.07, 6.45) is 2.19. The maximum atomic E-state index is 14.5. The largest absolute Gasteiger partial charge is 0.453 e. The van der Waals surface area contributed by atoms with E-state index >= 15 is 0 Å². The summed E-state index contributed by atoms with van der Waals surface area (Å²) in [6, 6.07) is 28.5. The van der Waals surface area contributed by atoms with E-state index in [1.165, 1.54) is 36.9 Å². The van der Waals surface area contributed by atoms with Crippen molar-refractivity contribution in [3.8, 4) is 0 Å². The van der Waals surface area contributed by atoms with Crippen LogP contribution in [-0.2, 0) is 52.0 Å². The third-order valence-electron chi connectivity index (χ3n) is 12.8. The average molecular weight is 951 g/mol. The molecule has 2 aliphatic rings. The fourth-order valence-electron chi connectivity index (χ4n) is 9.55. The first kappa shape index (κ1) is 44.2. The number of hydrogen-bond donors (Lipinski definition) is 2. The second kappa shape index (κ2) is 17.2. The molecule has 2 aliphatic carbocycles. The number of aromatic amines is 2. The number of imidazole rings is 2. The van der Waals surface area contributed by atoms with Gasteiger partial charge in [0.1, 0.15) is 12.2 Å². The van der Waals surface area contributed by atoms with Crippen molar-refractivity contribution in [3.05, 3.63) is 179 Å². The lowest BCUT2D eigenvalue weighted by molar-refractivity contribution is -0.147. The molecular weight excluding hydrogens is 909 g/mol. The molecule has 0 bridgehead atoms. The SMILES string of the molecule is Cc1[nH]cnc1CC1CC(OC(=O)/C=C\C(=O)OC2CC(Cc3nc[nH]c3C)C(=O)c3c2n(S(=O)(=O)c2ccccc2)c2ccccc32)c2c(c3ccccc3n2S(=O)(=O)c2ccccc2)C1=O. The number of benzene rings is 4. The molecular formula is C50H42N6O10S2. The molecule has 0 spiro atoms. The normalized spacial score (nSPS) is 18.5. The standard InChI is InChI=1S/C50H42N6O10S2/c1-29-37(53-27-51-29)23-31-25-41(47-45(49(31)59)35-17-9-11-19-39(35)55(47)67(61,62)33-13-5-3-6-14-33)65-43(57)21-22-44(58)66-42-26-32(24-38-30(2)52-28-54-38)50(60)46-36-18-10-12-20-40(36)56(48(42)46)68(63,64)34-15-7-4-8-16-34/h3-22,27-28,31-32,41-42H,23-26H2,1-2H3,(H,51,53)(H,52,54)/b22-21-. The second-order valence-electron chi connectivity index (χ2n) is 16.9. The van der Waals surface area contributed by atoms with Gasteiger partial charge in [-0.3, -0.25) is 9.59 Å². The predicted molar refractivity (Wildman–Crippen MR) is 248 cm³/mol. The molecule has 8 aromatic rings. The Bertz CT molecular complexity index is 3350. The van der Waals surface area contributed by atoms with E-state index in [1.54, 1.807) is 84.9 Å². The quantitative estimate of drug-likeness (QED) is 0.0901. The molecule has 2 N–H and O–H groups in total. The number of aryl methyl sites for hydroxylation is 2. The highest BCUT2D eigenvalue weighted by Gasteiger charge is 2.45. The summed E-state index contributed by atoms with van der Waals surface area (Å²) in [6.45, 7) is 3.63. The number of carbonyl (C=O) groups is 4. The zero-order chi connectivity index (χ0) is 47.5. The molecule has 0 saturated heterocycles. The van der Waals surface area contributed by atoms with Crippen molar-refractivity contribution >= 4 is 65.4 Å². The number of rotatable bonds is 12. The summed E-state index contributed by atoms with van der Waals surface area (Å²) in [4.78, 5) is 71.7. The fraction of sp³-hybridized carbons (Fsp3) is 0.200. The smallest absolute Gasteiger partial charge is 0.331 e. The summed E-state index contributed by atoms with van der Waals surface area (Å²) in [5, 5.41) is 0.710. The summed E-state index contributed by atoms with van der Waals surface area (Å²) >= 11 is 0. The van der Waals surface area contributed by atoms with Gasteiger partial charge in [0.25, 0.3) is 20.0 Å². The lowest BCUT2D eigenvalue weighted by Gasteiger charge is -2.30. The van der Waals surface area contributed by atoms with Crippen LogP contribution >= 0.6 is 0 Å². The Labute approximate surface area is 389 Å². The van der Waals surface area contributed by atoms with E-state index in [0.29, 0.717) is 22.2 Å². The van der Waals surface area contributed by atoms with E-state index < -0.39 is 56.0 Å². The monoisotopic (exact) mass is 950 g/mol. The van der Waals surface area contributed by atoms with Gasteiger partial charge in [0.2, 0.25) is 0 Å². The third kappa shape index (κ3) is 7.54. The molecule has 4 aromatic heterocycles. The summed E-state index contributed by atoms with van der Waals surface area (Å²) in [5.74, 6) is -4.36. The molecule has 0 fully saturated rings. The van der Waals surface area contributed by atoms with Crippen LogP contribution in [0.4, 0.5) is 0 Å². The van der Waals surface area contributed by atoms with Gasteiger partial charge in [-0.05, 0) is 50.2 Å². The first-order valence-corrected chi connectivity index (χ1v) is 24.6. The zero-order valence-corrected chi connectivity index (χ0v) is 38.2. The van der Waals surface area contributed by atoms with Crippen LogP contribution in [0.3, 0.4) is 0 Å². The van der Waals surface area contributed by atoms with Crippen molar-refractivity contribution in [1.82, 2.24) is 27.9 Å². The minimum absolute atomic E-state index is 0.0376. The minimum atomic E-state index is -4.38. The number of aromatic nitrogens is 6. The van der Waals surface area contributed by atoms with Crippen molar-refractivity contribution in [3.63, 3.8) is 0 Å². The van der Waals surface area contributed by atoms with E-state index in [0.717, 1.165) is 31.5 Å². The Morgan fingerprint density at radius 2 is 0.956 bits per heavy atom. The molecule has 344 valence electrons. The Hall–Kier alpha value is -7.70. The number of ketones is 2. The highest BCUT2D eigenvalue weighted by molar-refractivity contribution is 7.90. The van der Waals surface area contributed by atoms with Crippen molar-refractivity contribution in [2.45, 2.75) is 61.5 Å². The van der Waals surface area contributed by atoms with Gasteiger partial charge in [0.15, 0.2) is 11.6 Å². The van der Waals surface area contributed by atoms with Crippen molar-refractivity contribution in [2.24, 2.45) is 11.8 Å². The number of Topliss-reactive ketones (excluding diaryl/α,β-unsaturated/α-hetero) is 2. The van der Waals surface area contributed by atoms with Crippen LogP contribution in [-0.4, -0.2) is 68.2 Å². The molecule has 0 saturated carbocycles. The van der Waals surface area contributed by atoms with Gasteiger partial charge in [0, 0.05) is 71.8 Å². The van der Waals surface area contributed by atoms with Gasteiger partial charge in [-0.1, -0.05) is 72.8 Å². The van der Waals surface area contributed by atoms with E-state index in [4.69, 9.17) is 9.47 Å². The van der Waals surface area contributed by atoms with Crippen molar-refractivity contribution in [1.29, 1.82) is 0 Å². The molecule has 0 amide bonds. The van der Waals surface area contributed by atoms with Gasteiger partial charge in [-0.15, -0.1) is 0 Å².